The lowest BCUT2D eigenvalue weighted by Crippen LogP contribution is -2.50. The molecule has 2 nitrogen and oxygen atoms in total. The Labute approximate surface area is 120 Å². The zero-order valence-electron chi connectivity index (χ0n) is 10.4. The highest BCUT2D eigenvalue weighted by molar-refractivity contribution is 9.10. The predicted octanol–water partition coefficient (Wildman–Crippen LogP) is 4.07. The predicted molar refractivity (Wildman–Crippen MR) is 74.5 cm³/mol. The van der Waals surface area contributed by atoms with Gasteiger partial charge in [-0.3, -0.25) is 0 Å². The van der Waals surface area contributed by atoms with E-state index in [0.29, 0.717) is 10.0 Å². The fourth-order valence-electron chi connectivity index (χ4n) is 2.60. The molecule has 2 rings (SSSR count). The minimum Gasteiger partial charge on any atom is -0.376 e. The first-order chi connectivity index (χ1) is 8.55. The topological polar surface area (TPSA) is 21.3 Å². The third-order valence-electron chi connectivity index (χ3n) is 3.80. The van der Waals surface area contributed by atoms with Crippen LogP contribution in [0.5, 0.6) is 0 Å². The molecule has 1 fully saturated rings. The maximum absolute atomic E-state index is 14.3. The quantitative estimate of drug-likeness (QED) is 0.837. The molecule has 1 saturated carbocycles. The number of hydrogen-bond donors (Lipinski definition) is 1. The summed E-state index contributed by atoms with van der Waals surface area (Å²) >= 11 is 9.17. The van der Waals surface area contributed by atoms with Crippen molar-refractivity contribution in [2.45, 2.75) is 30.9 Å². The third kappa shape index (κ3) is 2.20. The Morgan fingerprint density at radius 1 is 1.50 bits per heavy atom. The van der Waals surface area contributed by atoms with Crippen molar-refractivity contribution in [1.29, 1.82) is 0 Å². The molecule has 0 bridgehead atoms. The first-order valence-electron chi connectivity index (χ1n) is 5.91. The second kappa shape index (κ2) is 5.45. The first kappa shape index (κ1) is 14.3. The molecule has 0 amide bonds. The van der Waals surface area contributed by atoms with Crippen LogP contribution in [-0.2, 0) is 4.74 Å². The third-order valence-corrected chi connectivity index (χ3v) is 5.06. The molecule has 1 atom stereocenters. The van der Waals surface area contributed by atoms with Gasteiger partial charge >= 0.3 is 0 Å². The molecule has 1 aliphatic carbocycles. The lowest BCUT2D eigenvalue weighted by Gasteiger charge is -2.46. The van der Waals surface area contributed by atoms with E-state index in [2.05, 4.69) is 21.2 Å². The summed E-state index contributed by atoms with van der Waals surface area (Å²) in [5.74, 6) is -0.381. The van der Waals surface area contributed by atoms with Gasteiger partial charge in [0.25, 0.3) is 0 Å². The second-order valence-electron chi connectivity index (χ2n) is 4.61. The van der Waals surface area contributed by atoms with Gasteiger partial charge in [0.05, 0.1) is 16.7 Å². The van der Waals surface area contributed by atoms with E-state index in [1.165, 1.54) is 0 Å². The van der Waals surface area contributed by atoms with Gasteiger partial charge in [0.2, 0.25) is 0 Å². The second-order valence-corrected chi connectivity index (χ2v) is 5.84. The Morgan fingerprint density at radius 3 is 2.61 bits per heavy atom. The zero-order chi connectivity index (χ0) is 13.3. The van der Waals surface area contributed by atoms with Gasteiger partial charge in [-0.2, -0.15) is 0 Å². The molecule has 1 aliphatic rings. The SMILES string of the molecule is CNC(c1ccc(Br)c(Cl)c1F)C1(OC)CCC1. The van der Waals surface area contributed by atoms with E-state index in [4.69, 9.17) is 16.3 Å². The zero-order valence-corrected chi connectivity index (χ0v) is 12.7. The Kier molecular flexibility index (Phi) is 4.32. The van der Waals surface area contributed by atoms with Crippen LogP contribution in [0.25, 0.3) is 0 Å². The molecule has 0 spiro atoms. The molecular weight excluding hydrogens is 321 g/mol. The molecule has 0 radical (unpaired) electrons. The average Bonchev–Trinajstić information content (AvgIpc) is 2.32. The van der Waals surface area contributed by atoms with E-state index in [-0.39, 0.29) is 22.5 Å². The van der Waals surface area contributed by atoms with Crippen LogP contribution in [0.3, 0.4) is 0 Å². The molecule has 0 saturated heterocycles. The van der Waals surface area contributed by atoms with Crippen LogP contribution in [-0.4, -0.2) is 19.8 Å². The smallest absolute Gasteiger partial charge is 0.147 e. The molecule has 0 heterocycles. The average molecular weight is 337 g/mol. The monoisotopic (exact) mass is 335 g/mol. The van der Waals surface area contributed by atoms with Crippen molar-refractivity contribution in [3.8, 4) is 0 Å². The van der Waals surface area contributed by atoms with Crippen molar-refractivity contribution >= 4 is 27.5 Å². The maximum Gasteiger partial charge on any atom is 0.147 e. The Balaban J connectivity index is 2.42. The molecule has 1 aromatic rings. The van der Waals surface area contributed by atoms with E-state index in [0.717, 1.165) is 19.3 Å². The molecule has 1 aromatic carbocycles. The van der Waals surface area contributed by atoms with Gasteiger partial charge in [0.15, 0.2) is 0 Å². The molecule has 18 heavy (non-hydrogen) atoms. The van der Waals surface area contributed by atoms with Crippen LogP contribution in [0, 0.1) is 5.82 Å². The molecule has 5 heteroatoms. The van der Waals surface area contributed by atoms with Crippen LogP contribution in [0.2, 0.25) is 5.02 Å². The molecule has 1 N–H and O–H groups in total. The number of benzene rings is 1. The van der Waals surface area contributed by atoms with Crippen LogP contribution < -0.4 is 5.32 Å². The summed E-state index contributed by atoms with van der Waals surface area (Å²) in [5.41, 5.74) is 0.250. The summed E-state index contributed by atoms with van der Waals surface area (Å²) in [6, 6.07) is 3.35. The van der Waals surface area contributed by atoms with Crippen LogP contribution in [0.15, 0.2) is 16.6 Å². The van der Waals surface area contributed by atoms with Crippen LogP contribution >= 0.6 is 27.5 Å². The van der Waals surface area contributed by atoms with Gasteiger partial charge in [0.1, 0.15) is 5.82 Å². The van der Waals surface area contributed by atoms with E-state index < -0.39 is 0 Å². The fourth-order valence-corrected chi connectivity index (χ4v) is 3.08. The molecule has 1 unspecified atom stereocenters. The summed E-state index contributed by atoms with van der Waals surface area (Å²) in [6.07, 6.45) is 2.97. The van der Waals surface area contributed by atoms with Gasteiger partial charge in [-0.25, -0.2) is 4.39 Å². The minimum absolute atomic E-state index is 0.123. The van der Waals surface area contributed by atoms with Crippen molar-refractivity contribution < 1.29 is 9.13 Å². The van der Waals surface area contributed by atoms with Gasteiger partial charge in [-0.15, -0.1) is 0 Å². The van der Waals surface area contributed by atoms with Crippen molar-refractivity contribution in [3.63, 3.8) is 0 Å². The van der Waals surface area contributed by atoms with Crippen molar-refractivity contribution in [2.75, 3.05) is 14.2 Å². The largest absolute Gasteiger partial charge is 0.376 e. The van der Waals surface area contributed by atoms with Gasteiger partial charge in [-0.05, 0) is 48.3 Å². The first-order valence-corrected chi connectivity index (χ1v) is 7.08. The lowest BCUT2D eigenvalue weighted by atomic mass is 9.72. The normalized spacial score (nSPS) is 19.4. The van der Waals surface area contributed by atoms with E-state index in [1.807, 2.05) is 7.05 Å². The van der Waals surface area contributed by atoms with Crippen molar-refractivity contribution in [1.82, 2.24) is 5.32 Å². The highest BCUT2D eigenvalue weighted by atomic mass is 79.9. The Morgan fingerprint density at radius 2 is 2.17 bits per heavy atom. The van der Waals surface area contributed by atoms with E-state index in [9.17, 15) is 4.39 Å². The fraction of sp³-hybridized carbons (Fsp3) is 0.538. The number of rotatable bonds is 4. The van der Waals surface area contributed by atoms with Gasteiger partial charge in [-0.1, -0.05) is 17.7 Å². The van der Waals surface area contributed by atoms with Crippen LogP contribution in [0.1, 0.15) is 30.9 Å². The number of ether oxygens (including phenoxy) is 1. The Hall–Kier alpha value is -0.160. The number of methoxy groups -OCH3 is 1. The standard InChI is InChI=1S/C13H16BrClFNO/c1-17-12(13(18-2)6-3-7-13)8-4-5-9(14)10(15)11(8)16/h4-5,12,17H,3,6-7H2,1-2H3. The number of likely N-dealkylation sites (N-methyl/N-ethyl adjacent to an activating group) is 1. The molecule has 0 aromatic heterocycles. The summed E-state index contributed by atoms with van der Waals surface area (Å²) in [7, 11) is 3.50. The molecule has 0 aliphatic heterocycles. The number of halogens is 3. The number of hydrogen-bond acceptors (Lipinski definition) is 2. The molecule has 100 valence electrons. The van der Waals surface area contributed by atoms with Crippen molar-refractivity contribution in [2.24, 2.45) is 0 Å². The Bertz CT molecular complexity index is 445. The van der Waals surface area contributed by atoms with Gasteiger partial charge < -0.3 is 10.1 Å². The van der Waals surface area contributed by atoms with Crippen LogP contribution in [0.4, 0.5) is 4.39 Å². The summed E-state index contributed by atoms with van der Waals surface area (Å²) in [4.78, 5) is 0. The maximum atomic E-state index is 14.3. The van der Waals surface area contributed by atoms with Gasteiger partial charge in [0, 0.05) is 17.1 Å². The summed E-state index contributed by atoms with van der Waals surface area (Å²) < 4.78 is 20.5. The van der Waals surface area contributed by atoms with Crippen molar-refractivity contribution in [3.05, 3.63) is 33.0 Å². The lowest BCUT2D eigenvalue weighted by molar-refractivity contribution is -0.0989. The van der Waals surface area contributed by atoms with E-state index in [1.54, 1.807) is 19.2 Å². The highest BCUT2D eigenvalue weighted by Gasteiger charge is 2.45. The van der Waals surface area contributed by atoms with E-state index >= 15 is 0 Å². The number of nitrogens with one attached hydrogen (secondary N) is 1. The molecular formula is C13H16BrClFNO. The highest BCUT2D eigenvalue weighted by Crippen LogP contribution is 2.46. The minimum atomic E-state index is -0.381. The summed E-state index contributed by atoms with van der Waals surface area (Å²) in [5, 5.41) is 3.28. The summed E-state index contributed by atoms with van der Waals surface area (Å²) in [6.45, 7) is 0.